The number of nitrogens with one attached hydrogen (secondary N) is 2. The molecule has 4 aliphatic rings. The number of aromatic nitrogens is 3. The molecule has 12 nitrogen and oxygen atoms in total. The second-order valence-corrected chi connectivity index (χ2v) is 11.9. The van der Waals surface area contributed by atoms with E-state index in [9.17, 15) is 9.50 Å². The molecule has 3 aliphatic heterocycles. The Balaban J connectivity index is 1.18. The Bertz CT molecular complexity index is 1230. The van der Waals surface area contributed by atoms with E-state index in [1.165, 1.54) is 12.1 Å². The molecule has 3 N–H and O–H groups in total. The quantitative estimate of drug-likeness (QED) is 0.426. The molecule has 0 bridgehead atoms. The molecule has 13 heteroatoms. The smallest absolute Gasteiger partial charge is 0.323 e. The number of aliphatic hydroxyl groups excluding tert-OH is 1. The third kappa shape index (κ3) is 6.71. The molecule has 4 fully saturated rings. The van der Waals surface area contributed by atoms with E-state index in [1.807, 2.05) is 33.8 Å². The number of hydrogen-bond donors (Lipinski definition) is 3. The van der Waals surface area contributed by atoms with Crippen molar-refractivity contribution in [2.45, 2.75) is 114 Å². The Hall–Kier alpha value is -2.68. The standard InChI is InChI=1S/C28H38FN5O7/c1-27(2)38-20-19(37-23-22(21(20)39-27)40-28(3,4)41-23)14-36-26-33-24(30-13-15-6-5-7-16(29)12-15)32-25(34-26)31-17-8-10-18(35)11-9-17/h5-7,12,17-23,35H,8-11,13-14H2,1-4H3,(H2,30,31,32,33,34)/t17?,18?,19-,20+,21+,22-,23-/m1/s1. The molecule has 0 spiro atoms. The van der Waals surface area contributed by atoms with E-state index in [4.69, 9.17) is 28.4 Å². The van der Waals surface area contributed by atoms with Crippen LogP contribution in [-0.4, -0.2) is 81.1 Å². The molecule has 6 rings (SSSR count). The van der Waals surface area contributed by atoms with E-state index in [-0.39, 0.29) is 36.5 Å². The molecule has 0 radical (unpaired) electrons. The number of hydrogen-bond acceptors (Lipinski definition) is 12. The van der Waals surface area contributed by atoms with Crippen LogP contribution in [0.4, 0.5) is 16.3 Å². The first kappa shape index (κ1) is 28.4. The lowest BCUT2D eigenvalue weighted by Gasteiger charge is -2.36. The molecule has 1 aromatic carbocycles. The summed E-state index contributed by atoms with van der Waals surface area (Å²) in [5, 5.41) is 16.4. The zero-order chi connectivity index (χ0) is 28.8. The van der Waals surface area contributed by atoms with Crippen LogP contribution in [0.15, 0.2) is 24.3 Å². The summed E-state index contributed by atoms with van der Waals surface area (Å²) < 4.78 is 50.4. The Kier molecular flexibility index (Phi) is 7.76. The summed E-state index contributed by atoms with van der Waals surface area (Å²) in [5.74, 6) is -1.35. The van der Waals surface area contributed by atoms with Gasteiger partial charge in [-0.3, -0.25) is 0 Å². The molecule has 5 atom stereocenters. The molecule has 0 amide bonds. The largest absolute Gasteiger partial charge is 0.460 e. The van der Waals surface area contributed by atoms with E-state index < -0.39 is 42.3 Å². The average molecular weight is 576 g/mol. The van der Waals surface area contributed by atoms with Crippen LogP contribution in [0, 0.1) is 5.82 Å². The van der Waals surface area contributed by atoms with Gasteiger partial charge in [0.1, 0.15) is 36.8 Å². The van der Waals surface area contributed by atoms with Crippen LogP contribution in [0.25, 0.3) is 0 Å². The molecule has 2 aromatic rings. The Morgan fingerprint density at radius 3 is 2.41 bits per heavy atom. The number of halogens is 1. The fourth-order valence-electron chi connectivity index (χ4n) is 5.78. The summed E-state index contributed by atoms with van der Waals surface area (Å²) in [6.45, 7) is 7.74. The van der Waals surface area contributed by atoms with Gasteiger partial charge in [-0.15, -0.1) is 0 Å². The highest BCUT2D eigenvalue weighted by atomic mass is 19.1. The summed E-state index contributed by atoms with van der Waals surface area (Å²) in [5.41, 5.74) is 0.738. The molecule has 1 aromatic heterocycles. The SMILES string of the molecule is CC1(C)O[C@H]2[C@@H](O1)[C@@H](COc1nc(NCc3cccc(F)c3)nc(NC3CCC(O)CC3)n1)O[C@@H]1OC(C)(C)O[C@@H]12. The molecule has 41 heavy (non-hydrogen) atoms. The molecule has 4 heterocycles. The fraction of sp³-hybridized carbons (Fsp3) is 0.679. The van der Waals surface area contributed by atoms with E-state index in [2.05, 4.69) is 25.6 Å². The van der Waals surface area contributed by atoms with E-state index >= 15 is 0 Å². The van der Waals surface area contributed by atoms with Gasteiger partial charge in [-0.05, 0) is 71.1 Å². The van der Waals surface area contributed by atoms with Crippen molar-refractivity contribution >= 4 is 11.9 Å². The molecular formula is C28H38FN5O7. The summed E-state index contributed by atoms with van der Waals surface area (Å²) in [6.07, 6.45) is 0.249. The van der Waals surface area contributed by atoms with Gasteiger partial charge in [0.2, 0.25) is 11.9 Å². The van der Waals surface area contributed by atoms with Gasteiger partial charge < -0.3 is 44.2 Å². The lowest BCUT2D eigenvalue weighted by molar-refractivity contribution is -0.238. The number of fused-ring (bicyclic) bond motifs is 3. The number of ether oxygens (including phenoxy) is 6. The van der Waals surface area contributed by atoms with Crippen molar-refractivity contribution in [2.24, 2.45) is 0 Å². The van der Waals surface area contributed by atoms with E-state index in [0.29, 0.717) is 25.3 Å². The zero-order valence-electron chi connectivity index (χ0n) is 23.7. The number of aliphatic hydroxyl groups is 1. The van der Waals surface area contributed by atoms with Crippen LogP contribution >= 0.6 is 0 Å². The predicted molar refractivity (Wildman–Crippen MR) is 143 cm³/mol. The van der Waals surface area contributed by atoms with Crippen molar-refractivity contribution in [1.29, 1.82) is 0 Å². The third-order valence-electron chi connectivity index (χ3n) is 7.61. The molecule has 0 unspecified atom stereocenters. The minimum Gasteiger partial charge on any atom is -0.460 e. The predicted octanol–water partition coefficient (Wildman–Crippen LogP) is 3.11. The maximum absolute atomic E-state index is 13.7. The van der Waals surface area contributed by atoms with Gasteiger partial charge in [0.15, 0.2) is 17.9 Å². The first-order chi connectivity index (χ1) is 19.5. The number of benzene rings is 1. The maximum Gasteiger partial charge on any atom is 0.323 e. The summed E-state index contributed by atoms with van der Waals surface area (Å²) in [4.78, 5) is 13.5. The van der Waals surface area contributed by atoms with Crippen molar-refractivity contribution in [3.05, 3.63) is 35.6 Å². The normalized spacial score (nSPS) is 33.6. The van der Waals surface area contributed by atoms with Crippen molar-refractivity contribution in [1.82, 2.24) is 15.0 Å². The first-order valence-electron chi connectivity index (χ1n) is 14.2. The van der Waals surface area contributed by atoms with Crippen molar-refractivity contribution in [3.63, 3.8) is 0 Å². The van der Waals surface area contributed by atoms with Gasteiger partial charge in [0.25, 0.3) is 0 Å². The fourth-order valence-corrected chi connectivity index (χ4v) is 5.78. The zero-order valence-corrected chi connectivity index (χ0v) is 23.7. The highest BCUT2D eigenvalue weighted by molar-refractivity contribution is 5.37. The van der Waals surface area contributed by atoms with Gasteiger partial charge in [-0.2, -0.15) is 15.0 Å². The highest BCUT2D eigenvalue weighted by Crippen LogP contribution is 2.44. The molecule has 224 valence electrons. The Morgan fingerprint density at radius 1 is 0.927 bits per heavy atom. The number of rotatable bonds is 8. The van der Waals surface area contributed by atoms with Crippen LogP contribution in [0.1, 0.15) is 58.9 Å². The van der Waals surface area contributed by atoms with E-state index in [0.717, 1.165) is 18.4 Å². The monoisotopic (exact) mass is 575 g/mol. The van der Waals surface area contributed by atoms with Crippen molar-refractivity contribution in [2.75, 3.05) is 17.2 Å². The first-order valence-corrected chi connectivity index (χ1v) is 14.2. The number of anilines is 2. The van der Waals surface area contributed by atoms with Crippen LogP contribution in [0.3, 0.4) is 0 Å². The summed E-state index contributed by atoms with van der Waals surface area (Å²) >= 11 is 0. The average Bonchev–Trinajstić information content (AvgIpc) is 3.41. The highest BCUT2D eigenvalue weighted by Gasteiger charge is 2.60. The van der Waals surface area contributed by atoms with Gasteiger partial charge in [0.05, 0.1) is 6.10 Å². The van der Waals surface area contributed by atoms with Gasteiger partial charge in [-0.1, -0.05) is 12.1 Å². The molecule has 1 saturated carbocycles. The third-order valence-corrected chi connectivity index (χ3v) is 7.61. The summed E-state index contributed by atoms with van der Waals surface area (Å²) in [6, 6.07) is 6.50. The minimum absolute atomic E-state index is 0.0655. The molecular weight excluding hydrogens is 537 g/mol. The van der Waals surface area contributed by atoms with Crippen LogP contribution < -0.4 is 15.4 Å². The topological polar surface area (TPSA) is 138 Å². The maximum atomic E-state index is 13.7. The van der Waals surface area contributed by atoms with Crippen LogP contribution in [0.5, 0.6) is 6.01 Å². The lowest BCUT2D eigenvalue weighted by atomic mass is 9.93. The Labute approximate surface area is 238 Å². The molecule has 3 saturated heterocycles. The second-order valence-electron chi connectivity index (χ2n) is 11.9. The lowest BCUT2D eigenvalue weighted by Crippen LogP contribution is -2.56. The van der Waals surface area contributed by atoms with Gasteiger partial charge in [0, 0.05) is 12.6 Å². The van der Waals surface area contributed by atoms with Crippen LogP contribution in [0.2, 0.25) is 0 Å². The number of nitrogens with zero attached hydrogens (tertiary/aromatic N) is 3. The van der Waals surface area contributed by atoms with Crippen LogP contribution in [-0.2, 0) is 30.2 Å². The van der Waals surface area contributed by atoms with Crippen molar-refractivity contribution in [3.8, 4) is 6.01 Å². The van der Waals surface area contributed by atoms with Crippen molar-refractivity contribution < 1.29 is 37.9 Å². The van der Waals surface area contributed by atoms with Gasteiger partial charge in [-0.25, -0.2) is 4.39 Å². The minimum atomic E-state index is -0.826. The Morgan fingerprint density at radius 2 is 1.63 bits per heavy atom. The summed E-state index contributed by atoms with van der Waals surface area (Å²) in [7, 11) is 0. The van der Waals surface area contributed by atoms with Gasteiger partial charge >= 0.3 is 6.01 Å². The molecule has 1 aliphatic carbocycles. The van der Waals surface area contributed by atoms with E-state index in [1.54, 1.807) is 6.07 Å². The second kappa shape index (κ2) is 11.2.